The zero-order valence-electron chi connectivity index (χ0n) is 14.2. The highest BCUT2D eigenvalue weighted by atomic mass is 16.2. The highest BCUT2D eigenvalue weighted by Crippen LogP contribution is 2.23. The van der Waals surface area contributed by atoms with Gasteiger partial charge in [0.25, 0.3) is 0 Å². The average molecular weight is 330 g/mol. The van der Waals surface area contributed by atoms with Crippen molar-refractivity contribution >= 4 is 16.9 Å². The molecule has 24 heavy (non-hydrogen) atoms. The van der Waals surface area contributed by atoms with Crippen molar-refractivity contribution in [2.24, 2.45) is 18.7 Å². The van der Waals surface area contributed by atoms with Crippen LogP contribution in [0.5, 0.6) is 0 Å². The van der Waals surface area contributed by atoms with Gasteiger partial charge in [-0.05, 0) is 37.4 Å². The first-order valence-electron chi connectivity index (χ1n) is 8.75. The second-order valence-electron chi connectivity index (χ2n) is 6.69. The van der Waals surface area contributed by atoms with E-state index in [1.165, 1.54) is 6.42 Å². The molecular formula is C18H26N4O2. The number of aromatic nitrogens is 2. The van der Waals surface area contributed by atoms with Crippen LogP contribution in [0.15, 0.2) is 29.1 Å². The third-order valence-electron chi connectivity index (χ3n) is 5.17. The number of rotatable bonds is 5. The van der Waals surface area contributed by atoms with Crippen molar-refractivity contribution in [2.75, 3.05) is 6.54 Å². The third-order valence-corrected chi connectivity index (χ3v) is 5.17. The molecule has 0 saturated heterocycles. The van der Waals surface area contributed by atoms with Crippen LogP contribution in [0.1, 0.15) is 32.1 Å². The second-order valence-corrected chi connectivity index (χ2v) is 6.69. The molecule has 6 heteroatoms. The number of aryl methyl sites for hydroxylation is 2. The van der Waals surface area contributed by atoms with Gasteiger partial charge < -0.3 is 11.1 Å². The molecule has 6 nitrogen and oxygen atoms in total. The minimum absolute atomic E-state index is 0.000171. The molecular weight excluding hydrogens is 304 g/mol. The summed E-state index contributed by atoms with van der Waals surface area (Å²) in [5, 5.41) is 3.12. The number of fused-ring (bicyclic) bond motifs is 1. The van der Waals surface area contributed by atoms with Crippen LogP contribution in [-0.4, -0.2) is 27.6 Å². The van der Waals surface area contributed by atoms with Crippen molar-refractivity contribution in [3.8, 4) is 0 Å². The number of nitrogens with one attached hydrogen (secondary N) is 1. The minimum Gasteiger partial charge on any atom is -0.353 e. The lowest BCUT2D eigenvalue weighted by atomic mass is 9.84. The Bertz CT molecular complexity index is 777. The molecule has 0 bridgehead atoms. The third kappa shape index (κ3) is 3.24. The number of para-hydroxylation sites is 2. The molecule has 2 unspecified atom stereocenters. The SMILES string of the molecule is Cn1c(=O)n(CCC(=O)NC2CCCCC2CN)c2ccccc21. The number of nitrogens with zero attached hydrogens (tertiary/aromatic N) is 2. The maximum atomic E-state index is 12.4. The summed E-state index contributed by atoms with van der Waals surface area (Å²) in [6, 6.07) is 7.84. The van der Waals surface area contributed by atoms with E-state index >= 15 is 0 Å². The zero-order chi connectivity index (χ0) is 17.1. The molecule has 1 fully saturated rings. The Morgan fingerprint density at radius 1 is 1.25 bits per heavy atom. The Morgan fingerprint density at radius 2 is 1.96 bits per heavy atom. The van der Waals surface area contributed by atoms with Crippen LogP contribution in [0, 0.1) is 5.92 Å². The molecule has 1 heterocycles. The van der Waals surface area contributed by atoms with Crippen LogP contribution >= 0.6 is 0 Å². The van der Waals surface area contributed by atoms with Crippen molar-refractivity contribution in [1.82, 2.24) is 14.5 Å². The number of hydrogen-bond donors (Lipinski definition) is 2. The average Bonchev–Trinajstić information content (AvgIpc) is 2.85. The van der Waals surface area contributed by atoms with Gasteiger partial charge in [-0.15, -0.1) is 0 Å². The molecule has 1 amide bonds. The van der Waals surface area contributed by atoms with Gasteiger partial charge >= 0.3 is 5.69 Å². The number of imidazole rings is 1. The van der Waals surface area contributed by atoms with Crippen molar-refractivity contribution in [1.29, 1.82) is 0 Å². The van der Waals surface area contributed by atoms with Gasteiger partial charge in [0.15, 0.2) is 0 Å². The largest absolute Gasteiger partial charge is 0.353 e. The maximum absolute atomic E-state index is 12.4. The van der Waals surface area contributed by atoms with Gasteiger partial charge in [-0.2, -0.15) is 0 Å². The number of nitrogens with two attached hydrogens (primary N) is 1. The van der Waals surface area contributed by atoms with E-state index in [4.69, 9.17) is 5.73 Å². The number of carbonyl (C=O) groups is 1. The summed E-state index contributed by atoms with van der Waals surface area (Å²) in [6.07, 6.45) is 4.73. The number of hydrogen-bond acceptors (Lipinski definition) is 3. The van der Waals surface area contributed by atoms with E-state index in [2.05, 4.69) is 5.32 Å². The van der Waals surface area contributed by atoms with Crippen LogP contribution in [0.25, 0.3) is 11.0 Å². The van der Waals surface area contributed by atoms with Crippen LogP contribution < -0.4 is 16.7 Å². The monoisotopic (exact) mass is 330 g/mol. The fraction of sp³-hybridized carbons (Fsp3) is 0.556. The summed E-state index contributed by atoms with van der Waals surface area (Å²) in [5.74, 6) is 0.378. The van der Waals surface area contributed by atoms with E-state index in [-0.39, 0.29) is 17.6 Å². The number of benzene rings is 1. The minimum atomic E-state index is -0.0819. The first-order chi connectivity index (χ1) is 11.6. The molecule has 130 valence electrons. The smallest absolute Gasteiger partial charge is 0.328 e. The second kappa shape index (κ2) is 7.21. The van der Waals surface area contributed by atoms with Crippen molar-refractivity contribution < 1.29 is 4.79 Å². The Morgan fingerprint density at radius 3 is 2.71 bits per heavy atom. The Labute approximate surface area is 141 Å². The summed E-state index contributed by atoms with van der Waals surface area (Å²) in [4.78, 5) is 24.7. The van der Waals surface area contributed by atoms with Crippen LogP contribution in [0.3, 0.4) is 0 Å². The molecule has 3 N–H and O–H groups in total. The number of amides is 1. The molecule has 1 aliphatic carbocycles. The molecule has 1 saturated carbocycles. The van der Waals surface area contributed by atoms with Gasteiger partial charge in [-0.25, -0.2) is 4.79 Å². The van der Waals surface area contributed by atoms with Crippen LogP contribution in [0.2, 0.25) is 0 Å². The van der Waals surface area contributed by atoms with Gasteiger partial charge in [0.05, 0.1) is 11.0 Å². The van der Waals surface area contributed by atoms with Crippen molar-refractivity contribution in [3.63, 3.8) is 0 Å². The van der Waals surface area contributed by atoms with Gasteiger partial charge in [0.1, 0.15) is 0 Å². The van der Waals surface area contributed by atoms with Crippen LogP contribution in [-0.2, 0) is 18.4 Å². The first kappa shape index (κ1) is 16.8. The summed E-state index contributed by atoms with van der Waals surface area (Å²) in [5.41, 5.74) is 7.50. The van der Waals surface area contributed by atoms with E-state index in [0.717, 1.165) is 30.3 Å². The van der Waals surface area contributed by atoms with Gasteiger partial charge in [0, 0.05) is 26.1 Å². The summed E-state index contributed by atoms with van der Waals surface area (Å²) < 4.78 is 3.30. The van der Waals surface area contributed by atoms with E-state index in [9.17, 15) is 9.59 Å². The Kier molecular flexibility index (Phi) is 5.04. The highest BCUT2D eigenvalue weighted by molar-refractivity contribution is 5.78. The summed E-state index contributed by atoms with van der Waals surface area (Å²) in [7, 11) is 1.76. The quantitative estimate of drug-likeness (QED) is 0.868. The fourth-order valence-electron chi connectivity index (χ4n) is 3.75. The Balaban J connectivity index is 1.67. The standard InChI is InChI=1S/C18H26N4O2/c1-21-15-8-4-5-9-16(15)22(18(21)24)11-10-17(23)20-14-7-3-2-6-13(14)12-19/h4-5,8-9,13-14H,2-3,6-7,10-12,19H2,1H3,(H,20,23). The number of carbonyl (C=O) groups excluding carboxylic acids is 1. The predicted octanol–water partition coefficient (Wildman–Crippen LogP) is 1.36. The lowest BCUT2D eigenvalue weighted by Gasteiger charge is -2.31. The maximum Gasteiger partial charge on any atom is 0.328 e. The van der Waals surface area contributed by atoms with E-state index < -0.39 is 0 Å². The lowest BCUT2D eigenvalue weighted by Crippen LogP contribution is -2.45. The van der Waals surface area contributed by atoms with Gasteiger partial charge in [-0.3, -0.25) is 13.9 Å². The molecule has 1 aromatic heterocycles. The molecule has 3 rings (SSSR count). The molecule has 2 atom stereocenters. The van der Waals surface area contributed by atoms with E-state index in [0.29, 0.717) is 25.4 Å². The topological polar surface area (TPSA) is 82.0 Å². The predicted molar refractivity (Wildman–Crippen MR) is 94.7 cm³/mol. The van der Waals surface area contributed by atoms with Crippen molar-refractivity contribution in [2.45, 2.75) is 44.7 Å². The van der Waals surface area contributed by atoms with Gasteiger partial charge in [-0.1, -0.05) is 25.0 Å². The summed E-state index contributed by atoms with van der Waals surface area (Å²) in [6.45, 7) is 1.01. The zero-order valence-corrected chi connectivity index (χ0v) is 14.2. The van der Waals surface area contributed by atoms with Crippen molar-refractivity contribution in [3.05, 3.63) is 34.7 Å². The van der Waals surface area contributed by atoms with Crippen LogP contribution in [0.4, 0.5) is 0 Å². The summed E-state index contributed by atoms with van der Waals surface area (Å²) >= 11 is 0. The van der Waals surface area contributed by atoms with E-state index in [1.54, 1.807) is 16.2 Å². The normalized spacial score (nSPS) is 21.1. The first-order valence-corrected chi connectivity index (χ1v) is 8.75. The fourth-order valence-corrected chi connectivity index (χ4v) is 3.75. The Hall–Kier alpha value is -2.08. The molecule has 0 aliphatic heterocycles. The van der Waals surface area contributed by atoms with E-state index in [1.807, 2.05) is 24.3 Å². The molecule has 1 aliphatic rings. The van der Waals surface area contributed by atoms with Gasteiger partial charge in [0.2, 0.25) is 5.91 Å². The molecule has 0 spiro atoms. The molecule has 2 aromatic rings. The molecule has 1 aromatic carbocycles. The lowest BCUT2D eigenvalue weighted by molar-refractivity contribution is -0.122. The molecule has 0 radical (unpaired) electrons. The highest BCUT2D eigenvalue weighted by Gasteiger charge is 2.25.